The van der Waals surface area contributed by atoms with Crippen LogP contribution in [0.25, 0.3) is 0 Å². The van der Waals surface area contributed by atoms with E-state index in [9.17, 15) is 14.4 Å². The minimum absolute atomic E-state index is 0.0567. The number of nitrogens with zero attached hydrogens (tertiary/aromatic N) is 1. The Bertz CT molecular complexity index is 335. The van der Waals surface area contributed by atoms with Gasteiger partial charge in [0.05, 0.1) is 5.75 Å². The standard InChI is InChI=1S/C13H24N2O4S/c1-9(2)6-15(7-10(3)4)13(19)20-8-11(16)14-5-12(17)18/h9-10H,5-8H2,1-4H3,(H,14,16)(H,17,18). The molecule has 0 aromatic rings. The van der Waals surface area contributed by atoms with Gasteiger partial charge in [-0.1, -0.05) is 39.5 Å². The third kappa shape index (κ3) is 9.66. The summed E-state index contributed by atoms with van der Waals surface area (Å²) in [5.41, 5.74) is 0. The lowest BCUT2D eigenvalue weighted by Gasteiger charge is -2.25. The van der Waals surface area contributed by atoms with E-state index < -0.39 is 18.4 Å². The molecule has 0 saturated carbocycles. The summed E-state index contributed by atoms with van der Waals surface area (Å²) in [6, 6.07) is 0. The number of nitrogens with one attached hydrogen (secondary N) is 1. The summed E-state index contributed by atoms with van der Waals surface area (Å²) >= 11 is 0.910. The molecule has 0 unspecified atom stereocenters. The molecule has 0 heterocycles. The van der Waals surface area contributed by atoms with Crippen molar-refractivity contribution in [2.45, 2.75) is 27.7 Å². The number of carboxylic acids is 1. The maximum absolute atomic E-state index is 12.0. The molecule has 0 aromatic heterocycles. The van der Waals surface area contributed by atoms with Crippen molar-refractivity contribution >= 4 is 28.9 Å². The van der Waals surface area contributed by atoms with E-state index in [0.29, 0.717) is 24.9 Å². The van der Waals surface area contributed by atoms with E-state index in [-0.39, 0.29) is 11.0 Å². The average molecular weight is 304 g/mol. The van der Waals surface area contributed by atoms with Gasteiger partial charge < -0.3 is 15.3 Å². The molecule has 0 radical (unpaired) electrons. The normalized spacial score (nSPS) is 10.7. The van der Waals surface area contributed by atoms with Crippen LogP contribution in [0, 0.1) is 11.8 Å². The quantitative estimate of drug-likeness (QED) is 0.712. The van der Waals surface area contributed by atoms with E-state index >= 15 is 0 Å². The highest BCUT2D eigenvalue weighted by molar-refractivity contribution is 8.14. The van der Waals surface area contributed by atoms with Crippen LogP contribution in [0.2, 0.25) is 0 Å². The van der Waals surface area contributed by atoms with Crippen LogP contribution < -0.4 is 5.32 Å². The van der Waals surface area contributed by atoms with Gasteiger partial charge in [-0.05, 0) is 11.8 Å². The largest absolute Gasteiger partial charge is 0.480 e. The third-order valence-corrected chi connectivity index (χ3v) is 3.10. The molecule has 0 aliphatic carbocycles. The first-order valence-electron chi connectivity index (χ1n) is 6.62. The van der Waals surface area contributed by atoms with Gasteiger partial charge in [-0.2, -0.15) is 0 Å². The fraction of sp³-hybridized carbons (Fsp3) is 0.769. The number of carbonyl (C=O) groups is 3. The van der Waals surface area contributed by atoms with Crippen molar-refractivity contribution in [2.75, 3.05) is 25.4 Å². The molecule has 20 heavy (non-hydrogen) atoms. The van der Waals surface area contributed by atoms with Crippen LogP contribution in [0.4, 0.5) is 4.79 Å². The summed E-state index contributed by atoms with van der Waals surface area (Å²) < 4.78 is 0. The van der Waals surface area contributed by atoms with Crippen LogP contribution in [0.3, 0.4) is 0 Å². The summed E-state index contributed by atoms with van der Waals surface area (Å²) in [6.45, 7) is 9.02. The minimum atomic E-state index is -1.10. The van der Waals surface area contributed by atoms with Crippen LogP contribution >= 0.6 is 11.8 Å². The summed E-state index contributed by atoms with van der Waals surface area (Å²) in [5.74, 6) is -0.882. The van der Waals surface area contributed by atoms with E-state index in [0.717, 1.165) is 11.8 Å². The van der Waals surface area contributed by atoms with Crippen LogP contribution in [0.1, 0.15) is 27.7 Å². The van der Waals surface area contributed by atoms with Crippen molar-refractivity contribution in [1.29, 1.82) is 0 Å². The predicted octanol–water partition coefficient (Wildman–Crippen LogP) is 1.65. The van der Waals surface area contributed by atoms with Crippen molar-refractivity contribution < 1.29 is 19.5 Å². The molecule has 2 N–H and O–H groups in total. The Labute approximate surface area is 124 Å². The van der Waals surface area contributed by atoms with Gasteiger partial charge in [0.2, 0.25) is 5.91 Å². The summed E-state index contributed by atoms with van der Waals surface area (Å²) in [5, 5.41) is 10.5. The zero-order chi connectivity index (χ0) is 15.7. The molecule has 6 nitrogen and oxygen atoms in total. The molecule has 0 aliphatic heterocycles. The highest BCUT2D eigenvalue weighted by Crippen LogP contribution is 2.13. The second-order valence-corrected chi connectivity index (χ2v) is 6.34. The molecule has 7 heteroatoms. The Morgan fingerprint density at radius 1 is 1.10 bits per heavy atom. The number of carboxylic acid groups (broad SMARTS) is 1. The molecule has 0 saturated heterocycles. The van der Waals surface area contributed by atoms with E-state index in [1.54, 1.807) is 4.90 Å². The molecule has 0 aromatic carbocycles. The van der Waals surface area contributed by atoms with Crippen LogP contribution in [-0.4, -0.2) is 52.5 Å². The zero-order valence-corrected chi connectivity index (χ0v) is 13.3. The summed E-state index contributed by atoms with van der Waals surface area (Å²) in [6.07, 6.45) is 0. The molecular weight excluding hydrogens is 280 g/mol. The van der Waals surface area contributed by atoms with E-state index in [1.165, 1.54) is 0 Å². The predicted molar refractivity (Wildman–Crippen MR) is 79.7 cm³/mol. The Morgan fingerprint density at radius 3 is 2.00 bits per heavy atom. The highest BCUT2D eigenvalue weighted by Gasteiger charge is 2.18. The van der Waals surface area contributed by atoms with Crippen molar-refractivity contribution in [3.63, 3.8) is 0 Å². The number of hydrogen-bond acceptors (Lipinski definition) is 4. The van der Waals surface area contributed by atoms with Gasteiger partial charge in [0.1, 0.15) is 6.54 Å². The van der Waals surface area contributed by atoms with Crippen molar-refractivity contribution in [2.24, 2.45) is 11.8 Å². The molecule has 0 atom stereocenters. The van der Waals surface area contributed by atoms with E-state index in [2.05, 4.69) is 5.32 Å². The lowest BCUT2D eigenvalue weighted by atomic mass is 10.1. The molecular formula is C13H24N2O4S. The lowest BCUT2D eigenvalue weighted by molar-refractivity contribution is -0.137. The second-order valence-electron chi connectivity index (χ2n) is 5.42. The summed E-state index contributed by atoms with van der Waals surface area (Å²) in [7, 11) is 0. The number of carbonyl (C=O) groups excluding carboxylic acids is 2. The van der Waals surface area contributed by atoms with E-state index in [1.807, 2.05) is 27.7 Å². The first-order chi connectivity index (χ1) is 9.22. The monoisotopic (exact) mass is 304 g/mol. The number of amides is 2. The highest BCUT2D eigenvalue weighted by atomic mass is 32.2. The molecule has 0 aliphatic rings. The van der Waals surface area contributed by atoms with Crippen molar-refractivity contribution in [3.05, 3.63) is 0 Å². The van der Waals surface area contributed by atoms with Crippen molar-refractivity contribution in [3.8, 4) is 0 Å². The van der Waals surface area contributed by atoms with Gasteiger partial charge in [-0.25, -0.2) is 0 Å². The fourth-order valence-corrected chi connectivity index (χ4v) is 2.24. The van der Waals surface area contributed by atoms with Gasteiger partial charge in [0, 0.05) is 13.1 Å². The van der Waals surface area contributed by atoms with Crippen LogP contribution in [0.15, 0.2) is 0 Å². The molecule has 0 fully saturated rings. The summed E-state index contributed by atoms with van der Waals surface area (Å²) in [4.78, 5) is 35.4. The fourth-order valence-electron chi connectivity index (χ4n) is 1.55. The van der Waals surface area contributed by atoms with E-state index in [4.69, 9.17) is 5.11 Å². The molecule has 116 valence electrons. The van der Waals surface area contributed by atoms with Crippen LogP contribution in [0.5, 0.6) is 0 Å². The average Bonchev–Trinajstić information content (AvgIpc) is 2.31. The zero-order valence-electron chi connectivity index (χ0n) is 12.5. The van der Waals surface area contributed by atoms with Gasteiger partial charge >= 0.3 is 5.97 Å². The number of hydrogen-bond donors (Lipinski definition) is 2. The molecule has 2 amide bonds. The van der Waals surface area contributed by atoms with Gasteiger partial charge in [0.25, 0.3) is 5.24 Å². The maximum atomic E-state index is 12.0. The minimum Gasteiger partial charge on any atom is -0.480 e. The smallest absolute Gasteiger partial charge is 0.322 e. The van der Waals surface area contributed by atoms with Crippen LogP contribution in [-0.2, 0) is 9.59 Å². The Balaban J connectivity index is 4.24. The molecule has 0 rings (SSSR count). The Kier molecular flexibility index (Phi) is 9.03. The lowest BCUT2D eigenvalue weighted by Crippen LogP contribution is -2.36. The topological polar surface area (TPSA) is 86.7 Å². The van der Waals surface area contributed by atoms with Crippen molar-refractivity contribution in [1.82, 2.24) is 10.2 Å². The Morgan fingerprint density at radius 2 is 1.60 bits per heavy atom. The second kappa shape index (κ2) is 9.63. The number of rotatable bonds is 8. The SMILES string of the molecule is CC(C)CN(CC(C)C)C(=O)SCC(=O)NCC(=O)O. The first-order valence-corrected chi connectivity index (χ1v) is 7.61. The maximum Gasteiger partial charge on any atom is 0.322 e. The van der Waals surface area contributed by atoms with Gasteiger partial charge in [-0.15, -0.1) is 0 Å². The molecule has 0 bridgehead atoms. The number of aliphatic carboxylic acids is 1. The Hall–Kier alpha value is -1.24. The van der Waals surface area contributed by atoms with Gasteiger partial charge in [-0.3, -0.25) is 14.4 Å². The number of thioether (sulfide) groups is 1. The third-order valence-electron chi connectivity index (χ3n) is 2.19. The van der Waals surface area contributed by atoms with Gasteiger partial charge in [0.15, 0.2) is 0 Å². The molecule has 0 spiro atoms. The first kappa shape index (κ1) is 18.8.